The summed E-state index contributed by atoms with van der Waals surface area (Å²) in [5.41, 5.74) is 1.19. The third-order valence-electron chi connectivity index (χ3n) is 2.58. The van der Waals surface area contributed by atoms with E-state index >= 15 is 0 Å². The van der Waals surface area contributed by atoms with E-state index in [0.717, 1.165) is 13.1 Å². The van der Waals surface area contributed by atoms with Gasteiger partial charge in [0.2, 0.25) is 0 Å². The van der Waals surface area contributed by atoms with E-state index in [1.807, 2.05) is 35.2 Å². The van der Waals surface area contributed by atoms with Gasteiger partial charge < -0.3 is 4.90 Å². The summed E-state index contributed by atoms with van der Waals surface area (Å²) in [6.07, 6.45) is 2.91. The van der Waals surface area contributed by atoms with Gasteiger partial charge in [-0.05, 0) is 24.6 Å². The zero-order valence-corrected chi connectivity index (χ0v) is 11.1. The Morgan fingerprint density at radius 3 is 2.44 bits per heavy atom. The van der Waals surface area contributed by atoms with Crippen molar-refractivity contribution in [1.82, 2.24) is 4.90 Å². The largest absolute Gasteiger partial charge is 0.374 e. The summed E-state index contributed by atoms with van der Waals surface area (Å²) in [4.78, 5) is 2.03. The number of rotatable bonds is 8. The van der Waals surface area contributed by atoms with Crippen molar-refractivity contribution in [2.45, 2.75) is 19.4 Å². The summed E-state index contributed by atoms with van der Waals surface area (Å²) in [6.45, 7) is 5.23. The van der Waals surface area contributed by atoms with Crippen molar-refractivity contribution >= 4 is 10.1 Å². The lowest BCUT2D eigenvalue weighted by atomic mass is 10.2. The van der Waals surface area contributed by atoms with Crippen LogP contribution in [0.25, 0.3) is 0 Å². The van der Waals surface area contributed by atoms with Crippen LogP contribution in [0.2, 0.25) is 0 Å². The van der Waals surface area contributed by atoms with Gasteiger partial charge >= 0.3 is 0 Å². The highest BCUT2D eigenvalue weighted by Crippen LogP contribution is 2.06. The van der Waals surface area contributed by atoms with Gasteiger partial charge in [0.25, 0.3) is 10.1 Å². The van der Waals surface area contributed by atoms with E-state index < -0.39 is 10.1 Å². The summed E-state index contributed by atoms with van der Waals surface area (Å²) in [7, 11) is -3.83. The summed E-state index contributed by atoms with van der Waals surface area (Å²) in [5, 5.41) is 0. The van der Waals surface area contributed by atoms with Gasteiger partial charge in [-0.2, -0.15) is 8.42 Å². The molecule has 18 heavy (non-hydrogen) atoms. The van der Waals surface area contributed by atoms with Gasteiger partial charge in [-0.3, -0.25) is 4.55 Å². The lowest BCUT2D eigenvalue weighted by Gasteiger charge is -2.19. The number of benzene rings is 1. The molecule has 0 saturated heterocycles. The molecule has 0 aliphatic carbocycles. The summed E-state index contributed by atoms with van der Waals surface area (Å²) in [6, 6.07) is 10.0. The Morgan fingerprint density at radius 2 is 1.89 bits per heavy atom. The summed E-state index contributed by atoms with van der Waals surface area (Å²) < 4.78 is 29.7. The first kappa shape index (κ1) is 14.7. The second kappa shape index (κ2) is 7.18. The highest BCUT2D eigenvalue weighted by Gasteiger charge is 2.05. The monoisotopic (exact) mass is 269 g/mol. The molecular weight excluding hydrogens is 250 g/mol. The predicted octanol–water partition coefficient (Wildman–Crippen LogP) is 2.30. The van der Waals surface area contributed by atoms with Gasteiger partial charge in [0, 0.05) is 13.1 Å². The molecule has 1 aromatic rings. The van der Waals surface area contributed by atoms with Crippen LogP contribution in [0.3, 0.4) is 0 Å². The van der Waals surface area contributed by atoms with Crippen LogP contribution in [-0.4, -0.2) is 30.2 Å². The Hall–Kier alpha value is -1.33. The first-order valence-electron chi connectivity index (χ1n) is 5.87. The quantitative estimate of drug-likeness (QED) is 0.581. The molecule has 0 aliphatic rings. The molecule has 0 amide bonds. The van der Waals surface area contributed by atoms with Crippen molar-refractivity contribution in [1.29, 1.82) is 0 Å². The van der Waals surface area contributed by atoms with Crippen LogP contribution >= 0.6 is 0 Å². The molecule has 1 rings (SSSR count). The molecule has 0 fully saturated rings. The van der Waals surface area contributed by atoms with Crippen molar-refractivity contribution < 1.29 is 13.0 Å². The SMILES string of the molecule is C=CN(CCCCS(=O)(=O)O)Cc1ccccc1. The molecule has 0 bridgehead atoms. The van der Waals surface area contributed by atoms with Crippen molar-refractivity contribution in [2.24, 2.45) is 0 Å². The molecule has 5 heteroatoms. The van der Waals surface area contributed by atoms with Gasteiger partial charge in [-0.25, -0.2) is 0 Å². The zero-order chi connectivity index (χ0) is 13.4. The van der Waals surface area contributed by atoms with E-state index in [2.05, 4.69) is 6.58 Å². The molecule has 1 N–H and O–H groups in total. The maximum Gasteiger partial charge on any atom is 0.264 e. The lowest BCUT2D eigenvalue weighted by molar-refractivity contribution is 0.361. The Kier molecular flexibility index (Phi) is 5.88. The fourth-order valence-corrected chi connectivity index (χ4v) is 2.22. The van der Waals surface area contributed by atoms with Crippen LogP contribution in [0.1, 0.15) is 18.4 Å². The van der Waals surface area contributed by atoms with Gasteiger partial charge in [0.15, 0.2) is 0 Å². The first-order valence-corrected chi connectivity index (χ1v) is 7.48. The molecule has 0 saturated carbocycles. The second-order valence-electron chi connectivity index (χ2n) is 4.13. The highest BCUT2D eigenvalue weighted by atomic mass is 32.2. The van der Waals surface area contributed by atoms with Crippen LogP contribution in [0.15, 0.2) is 43.1 Å². The molecule has 1 aromatic carbocycles. The maximum absolute atomic E-state index is 10.6. The Balaban J connectivity index is 2.32. The second-order valence-corrected chi connectivity index (χ2v) is 5.70. The van der Waals surface area contributed by atoms with Crippen LogP contribution < -0.4 is 0 Å². The van der Waals surface area contributed by atoms with Crippen molar-refractivity contribution in [2.75, 3.05) is 12.3 Å². The lowest BCUT2D eigenvalue weighted by Crippen LogP contribution is -2.18. The van der Waals surface area contributed by atoms with Crippen LogP contribution in [-0.2, 0) is 16.7 Å². The van der Waals surface area contributed by atoms with Gasteiger partial charge in [-0.15, -0.1) is 0 Å². The summed E-state index contributed by atoms with van der Waals surface area (Å²) in [5.74, 6) is -0.177. The molecule has 0 spiro atoms. The fourth-order valence-electron chi connectivity index (χ4n) is 1.65. The Labute approximate surface area is 109 Å². The van der Waals surface area contributed by atoms with Crippen molar-refractivity contribution in [3.63, 3.8) is 0 Å². The minimum absolute atomic E-state index is 0.177. The molecule has 0 unspecified atom stereocenters. The topological polar surface area (TPSA) is 57.6 Å². The molecule has 0 atom stereocenters. The number of nitrogens with zero attached hydrogens (tertiary/aromatic N) is 1. The van der Waals surface area contributed by atoms with E-state index in [0.29, 0.717) is 12.8 Å². The van der Waals surface area contributed by atoms with Crippen molar-refractivity contribution in [3.8, 4) is 0 Å². The van der Waals surface area contributed by atoms with E-state index in [9.17, 15) is 8.42 Å². The van der Waals surface area contributed by atoms with E-state index in [-0.39, 0.29) is 5.75 Å². The maximum atomic E-state index is 10.6. The van der Waals surface area contributed by atoms with E-state index in [4.69, 9.17) is 4.55 Å². The standard InChI is InChI=1S/C13H19NO3S/c1-2-14(10-6-7-11-18(15,16)17)12-13-8-4-3-5-9-13/h2-5,8-9H,1,6-7,10-12H2,(H,15,16,17). The Bertz CT molecular complexity index is 456. The van der Waals surface area contributed by atoms with Gasteiger partial charge in [0.1, 0.15) is 0 Å². The minimum Gasteiger partial charge on any atom is -0.374 e. The zero-order valence-electron chi connectivity index (χ0n) is 10.3. The number of hydrogen-bond donors (Lipinski definition) is 1. The normalized spacial score (nSPS) is 11.2. The van der Waals surface area contributed by atoms with Crippen LogP contribution in [0, 0.1) is 0 Å². The number of hydrogen-bond acceptors (Lipinski definition) is 3. The molecule has 0 heterocycles. The minimum atomic E-state index is -3.83. The number of unbranched alkanes of at least 4 members (excludes halogenated alkanes) is 1. The Morgan fingerprint density at radius 1 is 1.22 bits per heavy atom. The van der Waals surface area contributed by atoms with Gasteiger partial charge in [-0.1, -0.05) is 36.9 Å². The van der Waals surface area contributed by atoms with Crippen LogP contribution in [0.4, 0.5) is 0 Å². The third-order valence-corrected chi connectivity index (χ3v) is 3.39. The average molecular weight is 269 g/mol. The third kappa shape index (κ3) is 6.42. The van der Waals surface area contributed by atoms with Gasteiger partial charge in [0.05, 0.1) is 5.75 Å². The smallest absolute Gasteiger partial charge is 0.264 e. The molecule has 0 radical (unpaired) electrons. The predicted molar refractivity (Wildman–Crippen MR) is 72.7 cm³/mol. The van der Waals surface area contributed by atoms with Crippen molar-refractivity contribution in [3.05, 3.63) is 48.7 Å². The molecule has 0 aliphatic heterocycles. The first-order chi connectivity index (χ1) is 8.51. The van der Waals surface area contributed by atoms with E-state index in [1.165, 1.54) is 5.56 Å². The van der Waals surface area contributed by atoms with Crippen LogP contribution in [0.5, 0.6) is 0 Å². The fraction of sp³-hybridized carbons (Fsp3) is 0.385. The van der Waals surface area contributed by atoms with E-state index in [1.54, 1.807) is 6.20 Å². The molecule has 100 valence electrons. The average Bonchev–Trinajstić information content (AvgIpc) is 2.33. The molecular formula is C13H19NO3S. The highest BCUT2D eigenvalue weighted by molar-refractivity contribution is 7.85. The summed E-state index contributed by atoms with van der Waals surface area (Å²) >= 11 is 0. The molecule has 0 aromatic heterocycles. The molecule has 4 nitrogen and oxygen atoms in total.